The lowest BCUT2D eigenvalue weighted by atomic mass is 9.51. The van der Waals surface area contributed by atoms with Crippen molar-refractivity contribution in [1.82, 2.24) is 0 Å². The highest BCUT2D eigenvalue weighted by Gasteiger charge is 2.48. The topological polar surface area (TPSA) is 49.8 Å². The molecule has 3 aliphatic carbocycles. The summed E-state index contributed by atoms with van der Waals surface area (Å²) in [6, 6.07) is 8.30. The second-order valence-corrected chi connectivity index (χ2v) is 7.30. The number of hydrogen-bond donors (Lipinski definition) is 1. The second kappa shape index (κ2) is 5.37. The molecule has 1 aromatic rings. The summed E-state index contributed by atoms with van der Waals surface area (Å²) in [5, 5.41) is 9.04. The molecule has 3 fully saturated rings. The highest BCUT2D eigenvalue weighted by Crippen LogP contribution is 2.59. The zero-order chi connectivity index (χ0) is 14.9. The average Bonchev–Trinajstić information content (AvgIpc) is 2.54. The van der Waals surface area contributed by atoms with Crippen LogP contribution in [0.3, 0.4) is 0 Å². The van der Waals surface area contributed by atoms with Gasteiger partial charge in [-0.2, -0.15) is 5.26 Å². The van der Waals surface area contributed by atoms with E-state index in [0.717, 1.165) is 0 Å². The van der Waals surface area contributed by atoms with Crippen LogP contribution in [0, 0.1) is 16.7 Å². The van der Waals surface area contributed by atoms with E-state index in [1.165, 1.54) is 63.4 Å². The zero-order valence-electron chi connectivity index (χ0n) is 13.1. The van der Waals surface area contributed by atoms with Gasteiger partial charge in [0, 0.05) is 5.69 Å². The van der Waals surface area contributed by atoms with Crippen molar-refractivity contribution in [2.24, 2.45) is 5.41 Å². The molecular formula is C19H26N2. The number of nitrogens with zero attached hydrogens (tertiary/aromatic N) is 1. The average molecular weight is 282 g/mol. The molecule has 0 spiro atoms. The quantitative estimate of drug-likeness (QED) is 0.797. The van der Waals surface area contributed by atoms with Crippen LogP contribution in [0.1, 0.15) is 75.8 Å². The molecule has 3 saturated carbocycles. The smallest absolute Gasteiger partial charge is 0.101 e. The molecule has 1 aromatic carbocycles. The SMILES string of the molecule is CCCCC12CCC(c3ccc(C#N)c(N)c3)(CC1)CC2. The number of unbranched alkanes of at least 4 members (excludes halogenated alkanes) is 1. The van der Waals surface area contributed by atoms with E-state index in [0.29, 0.717) is 22.1 Å². The maximum Gasteiger partial charge on any atom is 0.101 e. The molecule has 4 rings (SSSR count). The van der Waals surface area contributed by atoms with Crippen molar-refractivity contribution in [2.75, 3.05) is 5.73 Å². The summed E-state index contributed by atoms with van der Waals surface area (Å²) in [7, 11) is 0. The summed E-state index contributed by atoms with van der Waals surface area (Å²) >= 11 is 0. The molecule has 0 saturated heterocycles. The van der Waals surface area contributed by atoms with E-state index >= 15 is 0 Å². The molecule has 0 heterocycles. The Kier molecular flexibility index (Phi) is 3.69. The minimum Gasteiger partial charge on any atom is -0.398 e. The van der Waals surface area contributed by atoms with Gasteiger partial charge >= 0.3 is 0 Å². The largest absolute Gasteiger partial charge is 0.398 e. The Hall–Kier alpha value is -1.49. The molecule has 0 radical (unpaired) electrons. The van der Waals surface area contributed by atoms with E-state index in [1.807, 2.05) is 6.07 Å². The molecule has 0 unspecified atom stereocenters. The van der Waals surface area contributed by atoms with Gasteiger partial charge in [0.05, 0.1) is 5.56 Å². The molecule has 112 valence electrons. The number of nitriles is 1. The van der Waals surface area contributed by atoms with Gasteiger partial charge in [-0.15, -0.1) is 0 Å². The van der Waals surface area contributed by atoms with Crippen molar-refractivity contribution in [3.63, 3.8) is 0 Å². The van der Waals surface area contributed by atoms with E-state index in [9.17, 15) is 0 Å². The first kappa shape index (κ1) is 14.4. The van der Waals surface area contributed by atoms with Crippen LogP contribution in [0.4, 0.5) is 5.69 Å². The normalized spacial score (nSPS) is 31.0. The van der Waals surface area contributed by atoms with Crippen LogP contribution in [0.2, 0.25) is 0 Å². The van der Waals surface area contributed by atoms with Crippen LogP contribution in [0.15, 0.2) is 18.2 Å². The van der Waals surface area contributed by atoms with Gasteiger partial charge in [-0.1, -0.05) is 25.8 Å². The number of nitrogen functional groups attached to an aromatic ring is 1. The predicted octanol–water partition coefficient (Wildman–Crippen LogP) is 4.92. The first-order valence-electron chi connectivity index (χ1n) is 8.43. The van der Waals surface area contributed by atoms with E-state index < -0.39 is 0 Å². The van der Waals surface area contributed by atoms with Crippen LogP contribution in [0.25, 0.3) is 0 Å². The Morgan fingerprint density at radius 1 is 1.14 bits per heavy atom. The maximum absolute atomic E-state index is 9.04. The number of hydrogen-bond acceptors (Lipinski definition) is 2. The monoisotopic (exact) mass is 282 g/mol. The van der Waals surface area contributed by atoms with Crippen molar-refractivity contribution in [2.45, 2.75) is 70.1 Å². The minimum absolute atomic E-state index is 0.343. The Morgan fingerprint density at radius 2 is 1.81 bits per heavy atom. The third kappa shape index (κ3) is 2.44. The number of nitrogens with two attached hydrogens (primary N) is 1. The first-order valence-corrected chi connectivity index (χ1v) is 8.43. The Labute approximate surface area is 128 Å². The Balaban J connectivity index is 1.80. The third-order valence-corrected chi connectivity index (χ3v) is 6.25. The molecular weight excluding hydrogens is 256 g/mol. The first-order chi connectivity index (χ1) is 10.1. The number of fused-ring (bicyclic) bond motifs is 3. The molecule has 3 aliphatic rings. The van der Waals surface area contributed by atoms with Crippen molar-refractivity contribution in [3.8, 4) is 6.07 Å². The van der Waals surface area contributed by atoms with Crippen LogP contribution in [-0.2, 0) is 5.41 Å². The predicted molar refractivity (Wildman–Crippen MR) is 86.9 cm³/mol. The van der Waals surface area contributed by atoms with Crippen molar-refractivity contribution in [1.29, 1.82) is 5.26 Å². The van der Waals surface area contributed by atoms with Gasteiger partial charge < -0.3 is 5.73 Å². The molecule has 2 N–H and O–H groups in total. The summed E-state index contributed by atoms with van der Waals surface area (Å²) in [6.45, 7) is 2.30. The molecule has 2 heteroatoms. The van der Waals surface area contributed by atoms with Crippen LogP contribution in [0.5, 0.6) is 0 Å². The minimum atomic E-state index is 0.343. The number of anilines is 1. The summed E-state index contributed by atoms with van der Waals surface area (Å²) in [4.78, 5) is 0. The van der Waals surface area contributed by atoms with Gasteiger partial charge in [0.15, 0.2) is 0 Å². The zero-order valence-corrected chi connectivity index (χ0v) is 13.1. The van der Waals surface area contributed by atoms with E-state index in [1.54, 1.807) is 0 Å². The van der Waals surface area contributed by atoms with E-state index in [2.05, 4.69) is 25.1 Å². The second-order valence-electron chi connectivity index (χ2n) is 7.30. The molecule has 0 atom stereocenters. The van der Waals surface area contributed by atoms with Gasteiger partial charge in [-0.25, -0.2) is 0 Å². The fraction of sp³-hybridized carbons (Fsp3) is 0.632. The highest BCUT2D eigenvalue weighted by atomic mass is 14.6. The number of rotatable bonds is 4. The van der Waals surface area contributed by atoms with Gasteiger partial charge in [0.25, 0.3) is 0 Å². The molecule has 2 nitrogen and oxygen atoms in total. The lowest BCUT2D eigenvalue weighted by Crippen LogP contribution is -2.44. The van der Waals surface area contributed by atoms with Gasteiger partial charge in [-0.3, -0.25) is 0 Å². The summed E-state index contributed by atoms with van der Waals surface area (Å²) in [6.07, 6.45) is 12.2. The van der Waals surface area contributed by atoms with Crippen molar-refractivity contribution >= 4 is 5.69 Å². The highest BCUT2D eigenvalue weighted by molar-refractivity contribution is 5.56. The lowest BCUT2D eigenvalue weighted by molar-refractivity contribution is 0.0309. The van der Waals surface area contributed by atoms with E-state index in [-0.39, 0.29) is 0 Å². The maximum atomic E-state index is 9.04. The molecule has 0 aliphatic heterocycles. The molecule has 0 amide bonds. The van der Waals surface area contributed by atoms with Crippen LogP contribution in [-0.4, -0.2) is 0 Å². The van der Waals surface area contributed by atoms with E-state index in [4.69, 9.17) is 11.0 Å². The fourth-order valence-electron chi connectivity index (χ4n) is 4.62. The van der Waals surface area contributed by atoms with Gasteiger partial charge in [-0.05, 0) is 73.5 Å². The summed E-state index contributed by atoms with van der Waals surface area (Å²) in [5.41, 5.74) is 9.66. The summed E-state index contributed by atoms with van der Waals surface area (Å²) in [5.74, 6) is 0. The van der Waals surface area contributed by atoms with Gasteiger partial charge in [0.2, 0.25) is 0 Å². The molecule has 2 bridgehead atoms. The standard InChI is InChI=1S/C19H26N2/c1-2-3-6-18-7-10-19(11-8-18,12-9-18)16-5-4-15(14-20)17(21)13-16/h4-5,13H,2-3,6-12,21H2,1H3. The third-order valence-electron chi connectivity index (χ3n) is 6.25. The lowest BCUT2D eigenvalue weighted by Gasteiger charge is -2.54. The molecule has 21 heavy (non-hydrogen) atoms. The number of benzene rings is 1. The van der Waals surface area contributed by atoms with Crippen LogP contribution >= 0.6 is 0 Å². The summed E-state index contributed by atoms with van der Waals surface area (Å²) < 4.78 is 0. The Bertz CT molecular complexity index is 543. The van der Waals surface area contributed by atoms with Crippen LogP contribution < -0.4 is 5.73 Å². The van der Waals surface area contributed by atoms with Crippen molar-refractivity contribution < 1.29 is 0 Å². The van der Waals surface area contributed by atoms with Crippen molar-refractivity contribution in [3.05, 3.63) is 29.3 Å². The molecule has 0 aromatic heterocycles. The Morgan fingerprint density at radius 3 is 2.33 bits per heavy atom. The fourth-order valence-corrected chi connectivity index (χ4v) is 4.62. The van der Waals surface area contributed by atoms with Gasteiger partial charge in [0.1, 0.15) is 6.07 Å².